The molecular formula is C20H40Cl2N4O2. The molecule has 2 atom stereocenters. The van der Waals surface area contributed by atoms with Gasteiger partial charge in [0.1, 0.15) is 0 Å². The summed E-state index contributed by atoms with van der Waals surface area (Å²) in [6.45, 7) is 13.1. The quantitative estimate of drug-likeness (QED) is 0.685. The number of methoxy groups -OCH3 is 1. The maximum absolute atomic E-state index is 13.2. The van der Waals surface area contributed by atoms with Crippen LogP contribution in [0.3, 0.4) is 0 Å². The molecule has 3 fully saturated rings. The molecule has 2 unspecified atom stereocenters. The summed E-state index contributed by atoms with van der Waals surface area (Å²) in [5.41, 5.74) is -0.303. The van der Waals surface area contributed by atoms with E-state index >= 15 is 0 Å². The van der Waals surface area contributed by atoms with Crippen LogP contribution in [0.15, 0.2) is 0 Å². The van der Waals surface area contributed by atoms with E-state index in [2.05, 4.69) is 33.9 Å². The Morgan fingerprint density at radius 1 is 1.00 bits per heavy atom. The van der Waals surface area contributed by atoms with Crippen LogP contribution in [0.4, 0.5) is 0 Å². The smallest absolute Gasteiger partial charge is 0.231 e. The van der Waals surface area contributed by atoms with E-state index in [1.165, 1.54) is 12.8 Å². The fraction of sp³-hybridized carbons (Fsp3) is 0.950. The molecule has 0 spiro atoms. The number of carbonyl (C=O) groups excluding carboxylic acids is 1. The Morgan fingerprint density at radius 2 is 1.57 bits per heavy atom. The molecule has 3 aliphatic rings. The maximum Gasteiger partial charge on any atom is 0.231 e. The Kier molecular flexibility index (Phi) is 11.0. The van der Waals surface area contributed by atoms with Crippen molar-refractivity contribution in [2.45, 2.75) is 51.6 Å². The minimum absolute atomic E-state index is 0. The van der Waals surface area contributed by atoms with Crippen molar-refractivity contribution in [3.8, 4) is 0 Å². The summed E-state index contributed by atoms with van der Waals surface area (Å²) in [6.07, 6.45) is 4.45. The predicted molar refractivity (Wildman–Crippen MR) is 119 cm³/mol. The third-order valence-electron chi connectivity index (χ3n) is 6.90. The summed E-state index contributed by atoms with van der Waals surface area (Å²) in [6, 6.07) is 1.45. The molecule has 3 rings (SSSR count). The molecule has 6 nitrogen and oxygen atoms in total. The van der Waals surface area contributed by atoms with Crippen LogP contribution in [-0.4, -0.2) is 98.8 Å². The highest BCUT2D eigenvalue weighted by Gasteiger charge is 2.42. The first-order valence-corrected chi connectivity index (χ1v) is 10.5. The van der Waals surface area contributed by atoms with E-state index in [0.29, 0.717) is 12.5 Å². The molecule has 1 N–H and O–H groups in total. The van der Waals surface area contributed by atoms with Crippen molar-refractivity contribution in [2.75, 3.05) is 66.1 Å². The van der Waals surface area contributed by atoms with Crippen LogP contribution in [0.5, 0.6) is 0 Å². The van der Waals surface area contributed by atoms with Gasteiger partial charge >= 0.3 is 0 Å². The first-order chi connectivity index (χ1) is 12.6. The van der Waals surface area contributed by atoms with E-state index in [9.17, 15) is 4.79 Å². The molecule has 0 aromatic rings. The van der Waals surface area contributed by atoms with Crippen molar-refractivity contribution in [2.24, 2.45) is 5.41 Å². The van der Waals surface area contributed by atoms with Crippen LogP contribution in [0.1, 0.15) is 39.5 Å². The summed E-state index contributed by atoms with van der Waals surface area (Å²) in [5, 5.41) is 3.37. The first kappa shape index (κ1) is 25.9. The highest BCUT2D eigenvalue weighted by molar-refractivity contribution is 5.85. The zero-order valence-corrected chi connectivity index (χ0v) is 19.5. The standard InChI is InChI=1S/C20H38N4O2.2ClH/c1-17-4-5-18(2)24(17)15-12-22-10-13-23(14-11-22)19(25)20(16-26-3)6-8-21-9-7-20;;/h17-18,21H,4-16H2,1-3H3;2*1H. The normalized spacial score (nSPS) is 28.5. The molecule has 3 saturated heterocycles. The summed E-state index contributed by atoms with van der Waals surface area (Å²) in [4.78, 5) is 20.5. The number of halogens is 2. The van der Waals surface area contributed by atoms with Crippen LogP contribution in [-0.2, 0) is 9.53 Å². The number of piperidine rings is 1. The lowest BCUT2D eigenvalue weighted by atomic mass is 9.78. The summed E-state index contributed by atoms with van der Waals surface area (Å²) in [7, 11) is 1.72. The first-order valence-electron chi connectivity index (χ1n) is 10.5. The molecule has 0 aromatic heterocycles. The van der Waals surface area contributed by atoms with Crippen LogP contribution < -0.4 is 5.32 Å². The van der Waals surface area contributed by atoms with E-state index < -0.39 is 0 Å². The molecule has 0 saturated carbocycles. The number of amides is 1. The maximum atomic E-state index is 13.2. The average molecular weight is 439 g/mol. The van der Waals surface area contributed by atoms with Gasteiger partial charge in [0.2, 0.25) is 5.91 Å². The second-order valence-corrected chi connectivity index (χ2v) is 8.61. The Hall–Kier alpha value is -0.110. The van der Waals surface area contributed by atoms with E-state index in [-0.39, 0.29) is 30.2 Å². The molecule has 0 bridgehead atoms. The number of carbonyl (C=O) groups is 1. The topological polar surface area (TPSA) is 48.1 Å². The van der Waals surface area contributed by atoms with Gasteiger partial charge in [0, 0.05) is 58.5 Å². The van der Waals surface area contributed by atoms with Gasteiger partial charge in [0.05, 0.1) is 12.0 Å². The zero-order chi connectivity index (χ0) is 18.6. The van der Waals surface area contributed by atoms with E-state index in [4.69, 9.17) is 4.74 Å². The molecular weight excluding hydrogens is 399 g/mol. The van der Waals surface area contributed by atoms with Gasteiger partial charge in [-0.15, -0.1) is 24.8 Å². The van der Waals surface area contributed by atoms with Crippen molar-refractivity contribution < 1.29 is 9.53 Å². The minimum atomic E-state index is -0.303. The predicted octanol–water partition coefficient (Wildman–Crippen LogP) is 1.86. The van der Waals surface area contributed by atoms with Gasteiger partial charge in [-0.1, -0.05) is 0 Å². The van der Waals surface area contributed by atoms with Gasteiger partial charge in [0.25, 0.3) is 0 Å². The van der Waals surface area contributed by atoms with E-state index in [0.717, 1.165) is 77.3 Å². The molecule has 3 aliphatic heterocycles. The Morgan fingerprint density at radius 3 is 2.11 bits per heavy atom. The second-order valence-electron chi connectivity index (χ2n) is 8.61. The largest absolute Gasteiger partial charge is 0.384 e. The summed E-state index contributed by atoms with van der Waals surface area (Å²) in [5.74, 6) is 0.322. The summed E-state index contributed by atoms with van der Waals surface area (Å²) >= 11 is 0. The molecule has 0 aromatic carbocycles. The van der Waals surface area contributed by atoms with Crippen molar-refractivity contribution in [1.29, 1.82) is 0 Å². The number of rotatable bonds is 6. The molecule has 0 radical (unpaired) electrons. The zero-order valence-electron chi connectivity index (χ0n) is 17.8. The Bertz CT molecular complexity index is 454. The number of hydrogen-bond donors (Lipinski definition) is 1. The van der Waals surface area contributed by atoms with E-state index in [1.54, 1.807) is 7.11 Å². The fourth-order valence-corrected chi connectivity index (χ4v) is 5.06. The molecule has 0 aliphatic carbocycles. The number of likely N-dealkylation sites (tertiary alicyclic amines) is 1. The molecule has 28 heavy (non-hydrogen) atoms. The number of nitrogens with one attached hydrogen (secondary N) is 1. The summed E-state index contributed by atoms with van der Waals surface area (Å²) < 4.78 is 5.44. The van der Waals surface area contributed by atoms with Gasteiger partial charge in [-0.25, -0.2) is 0 Å². The van der Waals surface area contributed by atoms with Gasteiger partial charge < -0.3 is 15.0 Å². The monoisotopic (exact) mass is 438 g/mol. The molecule has 166 valence electrons. The SMILES string of the molecule is COCC1(C(=O)N2CCN(CCN3C(C)CCC3C)CC2)CCNCC1.Cl.Cl. The van der Waals surface area contributed by atoms with Crippen LogP contribution in [0.2, 0.25) is 0 Å². The minimum Gasteiger partial charge on any atom is -0.384 e. The fourth-order valence-electron chi connectivity index (χ4n) is 5.06. The van der Waals surface area contributed by atoms with Gasteiger partial charge in [-0.2, -0.15) is 0 Å². The van der Waals surface area contributed by atoms with Crippen LogP contribution in [0, 0.1) is 5.41 Å². The number of piperazine rings is 1. The Balaban J connectivity index is 0.00000196. The highest BCUT2D eigenvalue weighted by Crippen LogP contribution is 2.32. The number of nitrogens with zero attached hydrogens (tertiary/aromatic N) is 3. The lowest BCUT2D eigenvalue weighted by Crippen LogP contribution is -2.57. The van der Waals surface area contributed by atoms with E-state index in [1.807, 2.05) is 0 Å². The van der Waals surface area contributed by atoms with Crippen molar-refractivity contribution >= 4 is 30.7 Å². The van der Waals surface area contributed by atoms with Crippen LogP contribution in [0.25, 0.3) is 0 Å². The van der Waals surface area contributed by atoms with Crippen molar-refractivity contribution in [3.05, 3.63) is 0 Å². The Labute approximate surface area is 183 Å². The number of hydrogen-bond acceptors (Lipinski definition) is 5. The van der Waals surface area contributed by atoms with Gasteiger partial charge in [-0.05, 0) is 52.6 Å². The third kappa shape index (κ3) is 5.96. The highest BCUT2D eigenvalue weighted by atomic mass is 35.5. The lowest BCUT2D eigenvalue weighted by molar-refractivity contribution is -0.149. The van der Waals surface area contributed by atoms with Gasteiger partial charge in [0.15, 0.2) is 0 Å². The van der Waals surface area contributed by atoms with Crippen LogP contribution >= 0.6 is 24.8 Å². The van der Waals surface area contributed by atoms with Crippen molar-refractivity contribution in [3.63, 3.8) is 0 Å². The van der Waals surface area contributed by atoms with Crippen molar-refractivity contribution in [1.82, 2.24) is 20.0 Å². The lowest BCUT2D eigenvalue weighted by Gasteiger charge is -2.43. The molecule has 1 amide bonds. The second kappa shape index (κ2) is 11.9. The van der Waals surface area contributed by atoms with Gasteiger partial charge in [-0.3, -0.25) is 14.6 Å². The number of ether oxygens (including phenoxy) is 1. The average Bonchev–Trinajstić information content (AvgIpc) is 2.99. The molecule has 3 heterocycles. The third-order valence-corrected chi connectivity index (χ3v) is 6.90. The molecule has 8 heteroatoms.